The molecule has 0 unspecified atom stereocenters. The second-order valence-corrected chi connectivity index (χ2v) is 13.0. The molecule has 1 saturated carbocycles. The van der Waals surface area contributed by atoms with E-state index < -0.39 is 5.54 Å². The summed E-state index contributed by atoms with van der Waals surface area (Å²) in [7, 11) is 1.66. The fraction of sp³-hybridized carbons (Fsp3) is 0.216. The Morgan fingerprint density at radius 2 is 1.51 bits per heavy atom. The number of fused-ring (bicyclic) bond motifs is 4. The molecule has 222 valence electrons. The Kier molecular flexibility index (Phi) is 5.78. The molecule has 6 aromatic rings. The van der Waals surface area contributed by atoms with Crippen LogP contribution in [0, 0.1) is 12.3 Å². The van der Waals surface area contributed by atoms with Crippen molar-refractivity contribution in [2.75, 3.05) is 7.11 Å². The first-order valence-electron chi connectivity index (χ1n) is 15.1. The third-order valence-corrected chi connectivity index (χ3v) is 9.22. The van der Waals surface area contributed by atoms with Gasteiger partial charge in [-0.1, -0.05) is 62.4 Å². The third kappa shape index (κ3) is 4.09. The Bertz CT molecular complexity index is 2160. The quantitative estimate of drug-likeness (QED) is 0.196. The molecule has 0 spiro atoms. The number of methoxy groups -OCH3 is 1. The maximum absolute atomic E-state index is 13.7. The molecule has 1 aliphatic carbocycles. The molecule has 4 heterocycles. The van der Waals surface area contributed by atoms with Crippen LogP contribution in [0.15, 0.2) is 91.1 Å². The molecule has 8 rings (SSSR count). The zero-order valence-electron chi connectivity index (χ0n) is 25.5. The van der Waals surface area contributed by atoms with Crippen LogP contribution in [0.5, 0.6) is 5.75 Å². The van der Waals surface area contributed by atoms with Crippen LogP contribution in [0.4, 0.5) is 0 Å². The van der Waals surface area contributed by atoms with Gasteiger partial charge in [-0.15, -0.1) is 0 Å². The van der Waals surface area contributed by atoms with Gasteiger partial charge in [-0.05, 0) is 66.6 Å². The molecule has 0 bridgehead atoms. The number of aromatic nitrogens is 4. The molecule has 0 atom stereocenters. The van der Waals surface area contributed by atoms with Gasteiger partial charge in [0.2, 0.25) is 0 Å². The molecule has 45 heavy (non-hydrogen) atoms. The summed E-state index contributed by atoms with van der Waals surface area (Å²) in [6.45, 7) is 6.31. The maximum Gasteiger partial charge on any atom is 0.262 e. The van der Waals surface area contributed by atoms with Gasteiger partial charge in [-0.25, -0.2) is 9.97 Å². The molecule has 2 amide bonds. The zero-order valence-corrected chi connectivity index (χ0v) is 25.5. The smallest absolute Gasteiger partial charge is 0.262 e. The average molecular weight is 594 g/mol. The fourth-order valence-electron chi connectivity index (χ4n) is 7.42. The number of ether oxygens (including phenoxy) is 1. The van der Waals surface area contributed by atoms with Crippen LogP contribution in [0.3, 0.4) is 0 Å². The number of imide groups is 1. The summed E-state index contributed by atoms with van der Waals surface area (Å²) >= 11 is 0. The first-order chi connectivity index (χ1) is 21.7. The molecule has 8 nitrogen and oxygen atoms in total. The molecule has 1 fully saturated rings. The van der Waals surface area contributed by atoms with E-state index in [-0.39, 0.29) is 17.2 Å². The van der Waals surface area contributed by atoms with E-state index in [4.69, 9.17) is 9.72 Å². The molecule has 0 N–H and O–H groups in total. The number of rotatable bonds is 5. The number of benzene rings is 3. The van der Waals surface area contributed by atoms with Crippen molar-refractivity contribution in [3.05, 3.63) is 114 Å². The van der Waals surface area contributed by atoms with Crippen LogP contribution in [-0.4, -0.2) is 43.4 Å². The average Bonchev–Trinajstić information content (AvgIpc) is 3.55. The Hall–Kier alpha value is -5.37. The topological polar surface area (TPSA) is 89.7 Å². The molecule has 8 heteroatoms. The maximum atomic E-state index is 13.7. The van der Waals surface area contributed by atoms with Crippen LogP contribution < -0.4 is 4.74 Å². The lowest BCUT2D eigenvalue weighted by Gasteiger charge is -2.57. The van der Waals surface area contributed by atoms with Gasteiger partial charge in [0.05, 0.1) is 35.2 Å². The SMILES string of the molecule is COc1cccc(-c2cc3cnc4cc(C)nn4c3nc2-c2ccc(C3(N4C(=O)c5ccccc5C4=O)CC(C)(C)C3)cc2)c1. The van der Waals surface area contributed by atoms with E-state index in [1.807, 2.05) is 67.7 Å². The largest absolute Gasteiger partial charge is 0.497 e. The Morgan fingerprint density at radius 1 is 0.800 bits per heavy atom. The number of aryl methyl sites for hydroxylation is 1. The lowest BCUT2D eigenvalue weighted by atomic mass is 9.56. The lowest BCUT2D eigenvalue weighted by molar-refractivity contribution is -0.0414. The molecule has 2 aliphatic rings. The van der Waals surface area contributed by atoms with E-state index in [0.717, 1.165) is 50.4 Å². The molecule has 1 aliphatic heterocycles. The van der Waals surface area contributed by atoms with Crippen LogP contribution in [0.25, 0.3) is 39.1 Å². The van der Waals surface area contributed by atoms with Gasteiger partial charge in [-0.3, -0.25) is 14.5 Å². The van der Waals surface area contributed by atoms with Crippen molar-refractivity contribution in [1.82, 2.24) is 24.5 Å². The molecule has 0 radical (unpaired) electrons. The predicted molar refractivity (Wildman–Crippen MR) is 172 cm³/mol. The number of hydrogen-bond donors (Lipinski definition) is 0. The van der Waals surface area contributed by atoms with Gasteiger partial charge in [0.1, 0.15) is 5.75 Å². The van der Waals surface area contributed by atoms with E-state index in [1.54, 1.807) is 23.8 Å². The highest BCUT2D eigenvalue weighted by Gasteiger charge is 2.59. The number of hydrogen-bond acceptors (Lipinski definition) is 6. The fourth-order valence-corrected chi connectivity index (χ4v) is 7.42. The van der Waals surface area contributed by atoms with Gasteiger partial charge in [0, 0.05) is 28.8 Å². The Morgan fingerprint density at radius 3 is 2.18 bits per heavy atom. The first kappa shape index (κ1) is 27.2. The first-order valence-corrected chi connectivity index (χ1v) is 15.1. The van der Waals surface area contributed by atoms with Gasteiger partial charge in [0.15, 0.2) is 11.3 Å². The summed E-state index contributed by atoms with van der Waals surface area (Å²) in [6.07, 6.45) is 3.22. The number of carbonyl (C=O) groups excluding carboxylic acids is 2. The number of nitrogens with zero attached hydrogens (tertiary/aromatic N) is 5. The molecule has 3 aromatic carbocycles. The predicted octanol–water partition coefficient (Wildman–Crippen LogP) is 7.24. The standard InChI is InChI=1S/C37H31N5O3/c1-22-16-31-38-19-25-18-30(24-8-7-9-27(17-24)45-4)32(39-33(25)42(31)40-22)23-12-14-26(15-13-23)37(20-36(2,3)21-37)41-34(43)28-10-5-6-11-29(28)35(41)44/h5-19H,20-21H2,1-4H3. The van der Waals surface area contributed by atoms with Crippen molar-refractivity contribution < 1.29 is 14.3 Å². The van der Waals surface area contributed by atoms with Crippen molar-refractivity contribution in [1.29, 1.82) is 0 Å². The van der Waals surface area contributed by atoms with Crippen molar-refractivity contribution in [2.45, 2.75) is 39.2 Å². The van der Waals surface area contributed by atoms with Gasteiger partial charge < -0.3 is 4.74 Å². The van der Waals surface area contributed by atoms with E-state index in [2.05, 4.69) is 42.1 Å². The van der Waals surface area contributed by atoms with E-state index in [1.165, 1.54) is 4.90 Å². The summed E-state index contributed by atoms with van der Waals surface area (Å²) in [5.41, 5.74) is 7.06. The van der Waals surface area contributed by atoms with Crippen LogP contribution in [0.2, 0.25) is 0 Å². The van der Waals surface area contributed by atoms with E-state index >= 15 is 0 Å². The normalized spacial score (nSPS) is 16.7. The molecular weight excluding hydrogens is 562 g/mol. The second kappa shape index (κ2) is 9.56. The highest BCUT2D eigenvalue weighted by molar-refractivity contribution is 6.22. The van der Waals surface area contributed by atoms with Crippen molar-refractivity contribution in [2.24, 2.45) is 5.41 Å². The van der Waals surface area contributed by atoms with Crippen molar-refractivity contribution in [3.63, 3.8) is 0 Å². The summed E-state index contributed by atoms with van der Waals surface area (Å²) < 4.78 is 7.32. The minimum absolute atomic E-state index is 0.00521. The summed E-state index contributed by atoms with van der Waals surface area (Å²) in [5.74, 6) is 0.304. The summed E-state index contributed by atoms with van der Waals surface area (Å²) in [4.78, 5) is 38.7. The Labute approximate surface area is 260 Å². The van der Waals surface area contributed by atoms with Crippen molar-refractivity contribution in [3.8, 4) is 28.1 Å². The number of carbonyl (C=O) groups is 2. The van der Waals surface area contributed by atoms with Crippen LogP contribution >= 0.6 is 0 Å². The highest BCUT2D eigenvalue weighted by atomic mass is 16.5. The monoisotopic (exact) mass is 593 g/mol. The lowest BCUT2D eigenvalue weighted by Crippen LogP contribution is -2.59. The summed E-state index contributed by atoms with van der Waals surface area (Å²) in [5, 5.41) is 5.53. The van der Waals surface area contributed by atoms with Gasteiger partial charge >= 0.3 is 0 Å². The van der Waals surface area contributed by atoms with Crippen molar-refractivity contribution >= 4 is 28.5 Å². The molecular formula is C37H31N5O3. The van der Waals surface area contributed by atoms with E-state index in [0.29, 0.717) is 29.6 Å². The Balaban J connectivity index is 1.28. The number of amides is 2. The number of pyridine rings is 1. The van der Waals surface area contributed by atoms with Crippen LogP contribution in [-0.2, 0) is 5.54 Å². The van der Waals surface area contributed by atoms with Gasteiger partial charge in [0.25, 0.3) is 11.8 Å². The van der Waals surface area contributed by atoms with E-state index in [9.17, 15) is 9.59 Å². The third-order valence-electron chi connectivity index (χ3n) is 9.22. The minimum Gasteiger partial charge on any atom is -0.497 e. The van der Waals surface area contributed by atoms with Gasteiger partial charge in [-0.2, -0.15) is 9.61 Å². The molecule has 3 aromatic heterocycles. The second-order valence-electron chi connectivity index (χ2n) is 13.0. The minimum atomic E-state index is -0.716. The van der Waals surface area contributed by atoms with Crippen LogP contribution in [0.1, 0.15) is 58.7 Å². The summed E-state index contributed by atoms with van der Waals surface area (Å²) in [6, 6.07) is 27.3. The zero-order chi connectivity index (χ0) is 31.1. The molecule has 0 saturated heterocycles. The highest BCUT2D eigenvalue weighted by Crippen LogP contribution is 2.58.